The van der Waals surface area contributed by atoms with E-state index in [9.17, 15) is 57.5 Å². The van der Waals surface area contributed by atoms with Gasteiger partial charge >= 0.3 is 0 Å². The van der Waals surface area contributed by atoms with Crippen molar-refractivity contribution in [2.24, 2.45) is 91.7 Å². The lowest BCUT2D eigenvalue weighted by molar-refractivity contribution is -2.00. The second kappa shape index (κ2) is 36.3. The minimum Gasteiger partial charge on any atom is -0.427 e. The lowest BCUT2D eigenvalue weighted by Crippen LogP contribution is -4.29. The van der Waals surface area contributed by atoms with E-state index in [4.69, 9.17) is 39.4 Å². The van der Waals surface area contributed by atoms with Crippen LogP contribution in [0, 0.1) is 98.6 Å². The molecule has 24 heteroatoms. The van der Waals surface area contributed by atoms with Gasteiger partial charge in [-0.05, 0) is 113 Å². The quantitative estimate of drug-likeness (QED) is 0.0350. The molecular weight excluding hydrogens is 1230 g/mol. The standard InChI is InChI=1S/C25H48.C11H12O6.C11H11O6.C5H12O3.IO4.IO3.5H2/c1-9-16(5)23-13-18(7)22-15-25(20(23)11-3)21(12-4)24(14-19(22)8)17(6)10-2;2*1-9(3-12,4-13)11(7-16,8-17)10(2,5-14)6-15;1-3(6)5(8)4(2)7;2-1(3,4)5;2-1(3)4;;;;;/h16-25H,9-15H2,1-8H3;3-8H,1-2H3;3-8H,1H2,2H3;3-8H,1-2H3;;;5*1H/q;;+1;;2*-1;;;;;/i;;;;;;5*1+1. The van der Waals surface area contributed by atoms with Gasteiger partial charge in [-0.2, -0.15) is 0 Å². The first-order valence-electron chi connectivity index (χ1n) is 24.7. The van der Waals surface area contributed by atoms with Gasteiger partial charge in [0.25, 0.3) is 21.1 Å². The minimum atomic E-state index is -5.94. The molecule has 10 unspecified atom stereocenters. The maximum absolute atomic E-state index is 11.1. The van der Waals surface area contributed by atoms with E-state index in [1.54, 1.807) is 6.42 Å². The summed E-state index contributed by atoms with van der Waals surface area (Å²) < 4.78 is 60.2. The van der Waals surface area contributed by atoms with E-state index in [1.807, 2.05) is 0 Å². The van der Waals surface area contributed by atoms with Gasteiger partial charge in [-0.15, -0.1) is 0 Å². The highest BCUT2D eigenvalue weighted by atomic mass is 127. The molecule has 2 saturated carbocycles. The number of fused-ring (bicyclic) bond motifs is 2. The molecule has 2 aliphatic rings. The first-order chi connectivity index (χ1) is 34.9. The molecule has 0 amide bonds. The van der Waals surface area contributed by atoms with Gasteiger partial charge in [-0.25, -0.2) is 0 Å². The molecule has 2 bridgehead atoms. The van der Waals surface area contributed by atoms with Crippen LogP contribution >= 0.6 is 0 Å². The van der Waals surface area contributed by atoms with Gasteiger partial charge in [0.1, 0.15) is 99.9 Å². The van der Waals surface area contributed by atoms with Crippen molar-refractivity contribution in [3.63, 3.8) is 0 Å². The van der Waals surface area contributed by atoms with E-state index >= 15 is 0 Å². The SMILES string of the molecule is CC(C=O)(C=O)C(C=O)(C=O)C(C)(C=O)C=O.CC(O)C(O)C(C)O.CCC(C)C1CC(C)C2CC(C1CC)C(CC)C(C(C)CC)CC2C.[2HH].[2HH].[2HH].[2HH].[2HH].[CH2+]C(C=O)(C=O)C(C=O)(C=O)C(C)(C=O)C=O.[O-][I+2]([O-])[O-].[O-][I+3]([O-])([O-])[O-]. The van der Waals surface area contributed by atoms with Gasteiger partial charge < -0.3 is 73.6 Å². The van der Waals surface area contributed by atoms with Crippen LogP contribution in [0.5, 0.6) is 0 Å². The molecule has 0 saturated heterocycles. The van der Waals surface area contributed by atoms with Gasteiger partial charge in [0.2, 0.25) is 5.41 Å². The number of aldehydes is 12. The Morgan fingerprint density at radius 3 is 0.934 bits per heavy atom. The maximum atomic E-state index is 11.1. The maximum Gasteiger partial charge on any atom is 0.282 e. The molecule has 0 aromatic carbocycles. The Labute approximate surface area is 470 Å². The van der Waals surface area contributed by atoms with E-state index < -0.39 is 92.0 Å². The number of rotatable bonds is 24. The fourth-order valence-electron chi connectivity index (χ4n) is 10.7. The Bertz CT molecular complexity index is 1600. The Hall–Kier alpha value is -3.03. The zero-order chi connectivity index (χ0) is 61.0. The Balaban J connectivity index is -0.000000118. The van der Waals surface area contributed by atoms with Crippen LogP contribution in [-0.4, -0.2) is 109 Å². The minimum absolute atomic E-state index is 0. The molecule has 0 radical (unpaired) electrons. The lowest BCUT2D eigenvalue weighted by atomic mass is 9.54. The van der Waals surface area contributed by atoms with Crippen LogP contribution in [0.2, 0.25) is 0 Å². The summed E-state index contributed by atoms with van der Waals surface area (Å²) in [5.74, 6) is 9.54. The number of halogens is 2. The second-order valence-electron chi connectivity index (χ2n) is 20.8. The molecule has 0 aromatic rings. The zero-order valence-corrected chi connectivity index (χ0v) is 50.3. The second-order valence-corrected chi connectivity index (χ2v) is 24.0. The summed E-state index contributed by atoms with van der Waals surface area (Å²) in [4.78, 5) is 132. The topological polar surface area (TPSA) is 427 Å². The van der Waals surface area contributed by atoms with Gasteiger partial charge in [-0.3, -0.25) is 23.3 Å². The van der Waals surface area contributed by atoms with E-state index in [-0.39, 0.29) is 82.6 Å². The molecule has 0 spiro atoms. The van der Waals surface area contributed by atoms with Crippen LogP contribution in [0.3, 0.4) is 0 Å². The van der Waals surface area contributed by atoms with Gasteiger partial charge in [0.15, 0.2) is 18.0 Å². The first-order valence-corrected chi connectivity index (χ1v) is 30.9. The third-order valence-electron chi connectivity index (χ3n) is 16.3. The molecule has 10 atom stereocenters. The highest BCUT2D eigenvalue weighted by Gasteiger charge is 2.66. The molecule has 2 fully saturated rings. The van der Waals surface area contributed by atoms with Crippen LogP contribution in [0.1, 0.15) is 142 Å². The summed E-state index contributed by atoms with van der Waals surface area (Å²) in [5.41, 5.74) is -13.4. The van der Waals surface area contributed by atoms with E-state index in [2.05, 4.69) is 62.3 Å². The lowest BCUT2D eigenvalue weighted by Gasteiger charge is -2.42. The molecule has 0 aromatic heterocycles. The van der Waals surface area contributed by atoms with E-state index in [0.29, 0.717) is 0 Å². The normalized spacial score (nSPS) is 23.8. The third kappa shape index (κ3) is 20.9. The Kier molecular flexibility index (Phi) is 37.9. The van der Waals surface area contributed by atoms with Crippen LogP contribution in [0.25, 0.3) is 0 Å². The molecule has 0 aliphatic heterocycles. The molecule has 76 heavy (non-hydrogen) atoms. The van der Waals surface area contributed by atoms with Crippen molar-refractivity contribution >= 4 is 75.4 Å². The molecule has 448 valence electrons. The van der Waals surface area contributed by atoms with Gasteiger partial charge in [0, 0.05) is 7.13 Å². The molecule has 2 aliphatic carbocycles. The number of hydrogen-bond acceptors (Lipinski definition) is 22. The average molecular weight is 1330 g/mol. The number of aliphatic hydroxyl groups excluding tert-OH is 3. The van der Waals surface area contributed by atoms with Gasteiger partial charge in [-0.1, -0.05) is 81.1 Å². The summed E-state index contributed by atoms with van der Waals surface area (Å²) in [5, 5.41) is 25.9. The van der Waals surface area contributed by atoms with Crippen molar-refractivity contribution in [2.45, 2.75) is 153 Å². The summed E-state index contributed by atoms with van der Waals surface area (Å²) in [6, 6.07) is 0. The van der Waals surface area contributed by atoms with Crippen molar-refractivity contribution < 1.29 is 145 Å². The Morgan fingerprint density at radius 2 is 0.763 bits per heavy atom. The zero-order valence-electron chi connectivity index (χ0n) is 45.9. The third-order valence-corrected chi connectivity index (χ3v) is 16.3. The molecular formula is C52H93I2O22-. The number of carbonyl (C=O) groups is 12. The van der Waals surface area contributed by atoms with Gasteiger partial charge in [0.05, 0.1) is 30.0 Å². The monoisotopic (exact) mass is 1330 g/mol. The molecule has 3 N–H and O–H groups in total. The van der Waals surface area contributed by atoms with Crippen molar-refractivity contribution in [1.82, 2.24) is 0 Å². The van der Waals surface area contributed by atoms with Crippen molar-refractivity contribution in [3.05, 3.63) is 6.92 Å². The molecule has 22 nitrogen and oxygen atoms in total. The van der Waals surface area contributed by atoms with Crippen LogP contribution in [-0.2, 0) is 57.5 Å². The largest absolute Gasteiger partial charge is 0.427 e. The van der Waals surface area contributed by atoms with Crippen LogP contribution in [0.4, 0.5) is 0 Å². The number of hydrogen-bond donors (Lipinski definition) is 3. The van der Waals surface area contributed by atoms with Crippen molar-refractivity contribution in [3.8, 4) is 0 Å². The molecule has 2 rings (SSSR count). The van der Waals surface area contributed by atoms with Crippen molar-refractivity contribution in [1.29, 1.82) is 0 Å². The average Bonchev–Trinajstić information content (AvgIpc) is 3.63. The highest BCUT2D eigenvalue weighted by Crippen LogP contribution is 2.56. The molecule has 0 heterocycles. The highest BCUT2D eigenvalue weighted by molar-refractivity contribution is 6.08. The van der Waals surface area contributed by atoms with Crippen LogP contribution < -0.4 is 65.2 Å². The Morgan fingerprint density at radius 1 is 0.513 bits per heavy atom. The van der Waals surface area contributed by atoms with E-state index in [0.717, 1.165) is 80.0 Å². The predicted molar refractivity (Wildman–Crippen MR) is 262 cm³/mol. The first kappa shape index (κ1) is 79.5. The summed E-state index contributed by atoms with van der Waals surface area (Å²) in [6.07, 6.45) is 7.55. The number of carbonyl (C=O) groups excluding carboxylic acids is 12. The fourth-order valence-corrected chi connectivity index (χ4v) is 10.7. The smallest absolute Gasteiger partial charge is 0.282 e. The van der Waals surface area contributed by atoms with Crippen molar-refractivity contribution in [2.75, 3.05) is 0 Å². The predicted octanol–water partition coefficient (Wildman–Crippen LogP) is -7.74. The van der Waals surface area contributed by atoms with E-state index in [1.165, 1.54) is 52.4 Å². The summed E-state index contributed by atoms with van der Waals surface area (Å²) >= 11 is -9.95. The van der Waals surface area contributed by atoms with Crippen LogP contribution in [0.15, 0.2) is 0 Å². The summed E-state index contributed by atoms with van der Waals surface area (Å²) in [7, 11) is 0. The fraction of sp³-hybridized carbons (Fsp3) is 0.750. The number of aliphatic hydroxyl groups is 3. The summed E-state index contributed by atoms with van der Waals surface area (Å²) in [6.45, 7) is 29.2.